The van der Waals surface area contributed by atoms with Crippen molar-refractivity contribution in [2.45, 2.75) is 25.3 Å². The number of rotatable bonds is 5. The lowest BCUT2D eigenvalue weighted by Crippen LogP contribution is -2.44. The predicted octanol–water partition coefficient (Wildman–Crippen LogP) is 2.60. The quantitative estimate of drug-likeness (QED) is 0.918. The van der Waals surface area contributed by atoms with E-state index in [1.165, 1.54) is 32.4 Å². The Balaban J connectivity index is 1.50. The molecule has 0 bridgehead atoms. The summed E-state index contributed by atoms with van der Waals surface area (Å²) in [5.74, 6) is 1.61. The highest BCUT2D eigenvalue weighted by Gasteiger charge is 2.31. The largest absolute Gasteiger partial charge is 0.381 e. The number of nitrogens with zero attached hydrogens (tertiary/aromatic N) is 3. The van der Waals surface area contributed by atoms with Crippen molar-refractivity contribution in [3.8, 4) is 0 Å². The molecule has 2 aliphatic heterocycles. The molecule has 4 rings (SSSR count). The van der Waals surface area contributed by atoms with Gasteiger partial charge in [-0.2, -0.15) is 0 Å². The van der Waals surface area contributed by atoms with E-state index in [4.69, 9.17) is 4.74 Å². The standard InChI is InChI=1S/C16H22N4OS/c1-2-6-20(5-1)14(12-3-7-21-10-12)9-17-15-13-4-8-22-16(13)19-11-18-15/h4,8,11-12,14H,1-3,5-7,9-10H2,(H,17,18,19)/t12-,14+/m1/s1. The summed E-state index contributed by atoms with van der Waals surface area (Å²) in [6, 6.07) is 2.65. The number of ether oxygens (including phenoxy) is 1. The molecule has 0 aliphatic carbocycles. The van der Waals surface area contributed by atoms with Crippen molar-refractivity contribution in [2.75, 3.05) is 38.2 Å². The predicted molar refractivity (Wildman–Crippen MR) is 89.4 cm³/mol. The monoisotopic (exact) mass is 318 g/mol. The maximum absolute atomic E-state index is 5.63. The van der Waals surface area contributed by atoms with E-state index in [0.717, 1.165) is 35.8 Å². The number of anilines is 1. The Hall–Kier alpha value is -1.24. The summed E-state index contributed by atoms with van der Waals surface area (Å²) in [7, 11) is 0. The van der Waals surface area contributed by atoms with Crippen LogP contribution in [-0.2, 0) is 4.74 Å². The topological polar surface area (TPSA) is 50.3 Å². The number of fused-ring (bicyclic) bond motifs is 1. The van der Waals surface area contributed by atoms with Gasteiger partial charge in [-0.25, -0.2) is 9.97 Å². The number of hydrogen-bond acceptors (Lipinski definition) is 6. The average molecular weight is 318 g/mol. The fraction of sp³-hybridized carbons (Fsp3) is 0.625. The van der Waals surface area contributed by atoms with Gasteiger partial charge in [0.1, 0.15) is 17.0 Å². The fourth-order valence-corrected chi connectivity index (χ4v) is 4.39. The van der Waals surface area contributed by atoms with E-state index >= 15 is 0 Å². The highest BCUT2D eigenvalue weighted by molar-refractivity contribution is 7.16. The van der Waals surface area contributed by atoms with Crippen molar-refractivity contribution in [3.05, 3.63) is 17.8 Å². The van der Waals surface area contributed by atoms with Crippen LogP contribution in [0.1, 0.15) is 19.3 Å². The Kier molecular flexibility index (Phi) is 4.23. The molecule has 0 spiro atoms. The first kappa shape index (κ1) is 14.4. The molecule has 0 unspecified atom stereocenters. The maximum atomic E-state index is 5.63. The van der Waals surface area contributed by atoms with Gasteiger partial charge in [0.05, 0.1) is 12.0 Å². The molecular weight excluding hydrogens is 296 g/mol. The first-order chi connectivity index (χ1) is 10.9. The van der Waals surface area contributed by atoms with Crippen LogP contribution in [0, 0.1) is 5.92 Å². The molecule has 2 fully saturated rings. The van der Waals surface area contributed by atoms with Gasteiger partial charge in [0, 0.05) is 25.1 Å². The zero-order valence-electron chi connectivity index (χ0n) is 12.7. The van der Waals surface area contributed by atoms with Crippen LogP contribution in [0.3, 0.4) is 0 Å². The number of nitrogens with one attached hydrogen (secondary N) is 1. The van der Waals surface area contributed by atoms with Gasteiger partial charge in [0.25, 0.3) is 0 Å². The lowest BCUT2D eigenvalue weighted by molar-refractivity contribution is 0.142. The van der Waals surface area contributed by atoms with Crippen LogP contribution in [0.15, 0.2) is 17.8 Å². The van der Waals surface area contributed by atoms with Crippen LogP contribution >= 0.6 is 11.3 Å². The van der Waals surface area contributed by atoms with E-state index in [9.17, 15) is 0 Å². The van der Waals surface area contributed by atoms with Crippen molar-refractivity contribution in [1.29, 1.82) is 0 Å². The van der Waals surface area contributed by atoms with Gasteiger partial charge in [0.2, 0.25) is 0 Å². The SMILES string of the molecule is c1nc(NC[C@@H]([C@@H]2CCOC2)N2CCCC2)c2ccsc2n1. The van der Waals surface area contributed by atoms with Gasteiger partial charge in [-0.3, -0.25) is 4.90 Å². The van der Waals surface area contributed by atoms with E-state index in [1.807, 2.05) is 0 Å². The summed E-state index contributed by atoms with van der Waals surface area (Å²) in [6.07, 6.45) is 5.49. The second kappa shape index (κ2) is 6.48. The van der Waals surface area contributed by atoms with Crippen molar-refractivity contribution in [1.82, 2.24) is 14.9 Å². The molecule has 2 aromatic heterocycles. The summed E-state index contributed by atoms with van der Waals surface area (Å²) in [5.41, 5.74) is 0. The third-order valence-electron chi connectivity index (χ3n) is 4.86. The van der Waals surface area contributed by atoms with Gasteiger partial charge in [-0.1, -0.05) is 0 Å². The molecule has 22 heavy (non-hydrogen) atoms. The number of aromatic nitrogens is 2. The third kappa shape index (κ3) is 2.83. The van der Waals surface area contributed by atoms with Crippen LogP contribution in [-0.4, -0.2) is 53.8 Å². The Morgan fingerprint density at radius 3 is 3.09 bits per heavy atom. The Labute approximate surface area is 134 Å². The van der Waals surface area contributed by atoms with Gasteiger partial charge in [0.15, 0.2) is 0 Å². The van der Waals surface area contributed by atoms with Gasteiger partial charge in [-0.05, 0) is 43.8 Å². The van der Waals surface area contributed by atoms with Crippen LogP contribution in [0.5, 0.6) is 0 Å². The smallest absolute Gasteiger partial charge is 0.138 e. The molecule has 0 saturated carbocycles. The van der Waals surface area contributed by atoms with Gasteiger partial charge < -0.3 is 10.1 Å². The Morgan fingerprint density at radius 1 is 1.36 bits per heavy atom. The summed E-state index contributed by atoms with van der Waals surface area (Å²) >= 11 is 1.66. The molecule has 5 nitrogen and oxygen atoms in total. The lowest BCUT2D eigenvalue weighted by atomic mass is 9.97. The van der Waals surface area contributed by atoms with Gasteiger partial charge in [-0.15, -0.1) is 11.3 Å². The molecule has 0 aromatic carbocycles. The summed E-state index contributed by atoms with van der Waals surface area (Å²) in [6.45, 7) is 5.20. The molecular formula is C16H22N4OS. The summed E-state index contributed by atoms with van der Waals surface area (Å²) < 4.78 is 5.63. The van der Waals surface area contributed by atoms with E-state index < -0.39 is 0 Å². The number of likely N-dealkylation sites (tertiary alicyclic amines) is 1. The highest BCUT2D eigenvalue weighted by atomic mass is 32.1. The lowest BCUT2D eigenvalue weighted by Gasteiger charge is -2.32. The minimum atomic E-state index is 0.550. The summed E-state index contributed by atoms with van der Waals surface area (Å²) in [4.78, 5) is 12.5. The second-order valence-corrected chi connectivity index (χ2v) is 7.07. The number of thiophene rings is 1. The molecule has 2 aromatic rings. The van der Waals surface area contributed by atoms with Crippen molar-refractivity contribution in [3.63, 3.8) is 0 Å². The zero-order chi connectivity index (χ0) is 14.8. The minimum Gasteiger partial charge on any atom is -0.381 e. The molecule has 2 aliphatic rings. The first-order valence-corrected chi connectivity index (χ1v) is 9.03. The highest BCUT2D eigenvalue weighted by Crippen LogP contribution is 2.27. The molecule has 0 amide bonds. The minimum absolute atomic E-state index is 0.550. The molecule has 0 radical (unpaired) electrons. The number of hydrogen-bond donors (Lipinski definition) is 1. The summed E-state index contributed by atoms with van der Waals surface area (Å²) in [5, 5.41) is 6.80. The molecule has 1 N–H and O–H groups in total. The van der Waals surface area contributed by atoms with Crippen molar-refractivity contribution >= 4 is 27.4 Å². The first-order valence-electron chi connectivity index (χ1n) is 8.16. The average Bonchev–Trinajstić information content (AvgIpc) is 3.30. The van der Waals surface area contributed by atoms with Crippen molar-refractivity contribution < 1.29 is 4.74 Å². The fourth-order valence-electron chi connectivity index (χ4n) is 3.66. The van der Waals surface area contributed by atoms with Crippen LogP contribution < -0.4 is 5.32 Å². The third-order valence-corrected chi connectivity index (χ3v) is 5.68. The normalized spacial score (nSPS) is 24.1. The molecule has 2 atom stereocenters. The van der Waals surface area contributed by atoms with E-state index in [1.54, 1.807) is 17.7 Å². The van der Waals surface area contributed by atoms with E-state index in [-0.39, 0.29) is 0 Å². The zero-order valence-corrected chi connectivity index (χ0v) is 13.5. The second-order valence-electron chi connectivity index (χ2n) is 6.18. The molecule has 118 valence electrons. The molecule has 6 heteroatoms. The van der Waals surface area contributed by atoms with E-state index in [0.29, 0.717) is 12.0 Å². The van der Waals surface area contributed by atoms with Crippen LogP contribution in [0.25, 0.3) is 10.2 Å². The van der Waals surface area contributed by atoms with Crippen molar-refractivity contribution in [2.24, 2.45) is 5.92 Å². The maximum Gasteiger partial charge on any atom is 0.138 e. The molecule has 4 heterocycles. The van der Waals surface area contributed by atoms with Gasteiger partial charge >= 0.3 is 0 Å². The Morgan fingerprint density at radius 2 is 2.27 bits per heavy atom. The van der Waals surface area contributed by atoms with E-state index in [2.05, 4.69) is 31.6 Å². The Bertz CT molecular complexity index is 603. The van der Waals surface area contributed by atoms with Crippen LogP contribution in [0.4, 0.5) is 5.82 Å². The molecule has 2 saturated heterocycles. The van der Waals surface area contributed by atoms with Crippen LogP contribution in [0.2, 0.25) is 0 Å².